The molecule has 0 spiro atoms. The SMILES string of the molecule is NCCc1cccc(F)c1OCCC(N)=O. The molecule has 0 bridgehead atoms. The molecule has 0 unspecified atom stereocenters. The van der Waals surface area contributed by atoms with E-state index < -0.39 is 11.7 Å². The number of benzene rings is 1. The highest BCUT2D eigenvalue weighted by atomic mass is 19.1. The van der Waals surface area contributed by atoms with Crippen LogP contribution in [-0.2, 0) is 11.2 Å². The van der Waals surface area contributed by atoms with Crippen molar-refractivity contribution in [2.75, 3.05) is 13.2 Å². The first-order valence-corrected chi connectivity index (χ1v) is 5.03. The number of carbonyl (C=O) groups is 1. The number of amides is 1. The summed E-state index contributed by atoms with van der Waals surface area (Å²) in [5, 5.41) is 0. The molecule has 1 aromatic carbocycles. The molecule has 0 aliphatic rings. The zero-order valence-electron chi connectivity index (χ0n) is 8.91. The van der Waals surface area contributed by atoms with Crippen LogP contribution in [0.25, 0.3) is 0 Å². The van der Waals surface area contributed by atoms with E-state index in [-0.39, 0.29) is 18.8 Å². The molecule has 0 radical (unpaired) electrons. The second kappa shape index (κ2) is 6.07. The van der Waals surface area contributed by atoms with E-state index in [9.17, 15) is 9.18 Å². The van der Waals surface area contributed by atoms with Crippen molar-refractivity contribution in [3.63, 3.8) is 0 Å². The largest absolute Gasteiger partial charge is 0.490 e. The Morgan fingerprint density at radius 3 is 2.81 bits per heavy atom. The van der Waals surface area contributed by atoms with Gasteiger partial charge in [0.1, 0.15) is 0 Å². The zero-order chi connectivity index (χ0) is 12.0. The van der Waals surface area contributed by atoms with Crippen LogP contribution in [0.1, 0.15) is 12.0 Å². The lowest BCUT2D eigenvalue weighted by atomic mass is 10.1. The van der Waals surface area contributed by atoms with Crippen LogP contribution in [0.3, 0.4) is 0 Å². The van der Waals surface area contributed by atoms with Crippen molar-refractivity contribution in [2.24, 2.45) is 11.5 Å². The number of nitrogens with two attached hydrogens (primary N) is 2. The average Bonchev–Trinajstić information content (AvgIpc) is 2.22. The van der Waals surface area contributed by atoms with Gasteiger partial charge in [0, 0.05) is 0 Å². The molecule has 0 fully saturated rings. The summed E-state index contributed by atoms with van der Waals surface area (Å²) < 4.78 is 18.6. The van der Waals surface area contributed by atoms with Crippen LogP contribution >= 0.6 is 0 Å². The molecule has 1 amide bonds. The summed E-state index contributed by atoms with van der Waals surface area (Å²) in [6, 6.07) is 4.65. The number of primary amides is 1. The fourth-order valence-corrected chi connectivity index (χ4v) is 1.32. The van der Waals surface area contributed by atoms with E-state index in [1.165, 1.54) is 6.07 Å². The predicted molar refractivity (Wildman–Crippen MR) is 58.5 cm³/mol. The Morgan fingerprint density at radius 1 is 1.44 bits per heavy atom. The van der Waals surface area contributed by atoms with Gasteiger partial charge in [-0.2, -0.15) is 0 Å². The average molecular weight is 226 g/mol. The minimum atomic E-state index is -0.475. The highest BCUT2D eigenvalue weighted by Crippen LogP contribution is 2.22. The molecular weight excluding hydrogens is 211 g/mol. The van der Waals surface area contributed by atoms with Crippen LogP contribution < -0.4 is 16.2 Å². The summed E-state index contributed by atoms with van der Waals surface area (Å²) in [4.78, 5) is 10.5. The third kappa shape index (κ3) is 3.51. The monoisotopic (exact) mass is 226 g/mol. The Kier molecular flexibility index (Phi) is 4.72. The lowest BCUT2D eigenvalue weighted by molar-refractivity contribution is -0.118. The molecule has 0 atom stereocenters. The number of rotatable bonds is 6. The summed E-state index contributed by atoms with van der Waals surface area (Å²) in [6.45, 7) is 0.490. The second-order valence-electron chi connectivity index (χ2n) is 3.33. The highest BCUT2D eigenvalue weighted by Gasteiger charge is 2.09. The smallest absolute Gasteiger partial charge is 0.220 e. The number of para-hydroxylation sites is 1. The lowest BCUT2D eigenvalue weighted by Crippen LogP contribution is -2.15. The number of ether oxygens (including phenoxy) is 1. The molecule has 4 N–H and O–H groups in total. The third-order valence-electron chi connectivity index (χ3n) is 2.06. The van der Waals surface area contributed by atoms with Crippen molar-refractivity contribution < 1.29 is 13.9 Å². The van der Waals surface area contributed by atoms with Crippen LogP contribution in [0, 0.1) is 5.82 Å². The van der Waals surface area contributed by atoms with Gasteiger partial charge in [-0.05, 0) is 24.6 Å². The summed E-state index contributed by atoms with van der Waals surface area (Å²) in [5.74, 6) is -0.763. The third-order valence-corrected chi connectivity index (χ3v) is 2.06. The number of hydrogen-bond donors (Lipinski definition) is 2. The maximum absolute atomic E-state index is 13.4. The first-order valence-electron chi connectivity index (χ1n) is 5.03. The van der Waals surface area contributed by atoms with Gasteiger partial charge in [-0.25, -0.2) is 4.39 Å². The quantitative estimate of drug-likeness (QED) is 0.744. The maximum atomic E-state index is 13.4. The molecule has 0 heterocycles. The molecule has 0 aromatic heterocycles. The molecule has 0 aliphatic carbocycles. The van der Waals surface area contributed by atoms with Gasteiger partial charge in [0.2, 0.25) is 5.91 Å². The van der Waals surface area contributed by atoms with E-state index in [0.717, 1.165) is 0 Å². The second-order valence-corrected chi connectivity index (χ2v) is 3.33. The first kappa shape index (κ1) is 12.4. The van der Waals surface area contributed by atoms with E-state index in [0.29, 0.717) is 18.5 Å². The van der Waals surface area contributed by atoms with E-state index in [1.807, 2.05) is 0 Å². The minimum absolute atomic E-state index is 0.0659. The topological polar surface area (TPSA) is 78.3 Å². The van der Waals surface area contributed by atoms with Crippen LogP contribution in [0.2, 0.25) is 0 Å². The molecule has 1 aromatic rings. The lowest BCUT2D eigenvalue weighted by Gasteiger charge is -2.11. The Balaban J connectivity index is 2.71. The number of hydrogen-bond acceptors (Lipinski definition) is 3. The molecule has 16 heavy (non-hydrogen) atoms. The maximum Gasteiger partial charge on any atom is 0.220 e. The minimum Gasteiger partial charge on any atom is -0.490 e. The molecule has 0 saturated heterocycles. The molecule has 5 heteroatoms. The van der Waals surface area contributed by atoms with Crippen molar-refractivity contribution in [1.29, 1.82) is 0 Å². The molecule has 4 nitrogen and oxygen atoms in total. The van der Waals surface area contributed by atoms with Gasteiger partial charge in [-0.3, -0.25) is 4.79 Å². The summed E-state index contributed by atoms with van der Waals surface area (Å²) in [7, 11) is 0. The molecule has 88 valence electrons. The van der Waals surface area contributed by atoms with Gasteiger partial charge in [-0.15, -0.1) is 0 Å². The van der Waals surface area contributed by atoms with Gasteiger partial charge in [-0.1, -0.05) is 12.1 Å². The van der Waals surface area contributed by atoms with Crippen molar-refractivity contribution in [2.45, 2.75) is 12.8 Å². The van der Waals surface area contributed by atoms with Gasteiger partial charge >= 0.3 is 0 Å². The Bertz CT molecular complexity index is 369. The fraction of sp³-hybridized carbons (Fsp3) is 0.364. The van der Waals surface area contributed by atoms with Gasteiger partial charge in [0.25, 0.3) is 0 Å². The Labute approximate surface area is 93.4 Å². The van der Waals surface area contributed by atoms with Gasteiger partial charge in [0.15, 0.2) is 11.6 Å². The van der Waals surface area contributed by atoms with Crippen LogP contribution in [0.15, 0.2) is 18.2 Å². The van der Waals surface area contributed by atoms with Gasteiger partial charge < -0.3 is 16.2 Å². The van der Waals surface area contributed by atoms with Gasteiger partial charge in [0.05, 0.1) is 13.0 Å². The molecular formula is C11H15FN2O2. The summed E-state index contributed by atoms with van der Waals surface area (Å²) >= 11 is 0. The van der Waals surface area contributed by atoms with E-state index in [1.54, 1.807) is 12.1 Å². The Hall–Kier alpha value is -1.62. The fourth-order valence-electron chi connectivity index (χ4n) is 1.32. The first-order chi connectivity index (χ1) is 7.65. The van der Waals surface area contributed by atoms with E-state index >= 15 is 0 Å². The predicted octanol–water partition coefficient (Wildman–Crippen LogP) is 0.581. The van der Waals surface area contributed by atoms with E-state index in [2.05, 4.69) is 0 Å². The standard InChI is InChI=1S/C11H15FN2O2/c12-9-3-1-2-8(4-6-13)11(9)16-7-5-10(14)15/h1-3H,4-7,13H2,(H2,14,15). The van der Waals surface area contributed by atoms with E-state index in [4.69, 9.17) is 16.2 Å². The molecule has 0 saturated carbocycles. The number of halogens is 1. The molecule has 0 aliphatic heterocycles. The molecule has 1 rings (SSSR count). The number of carbonyl (C=O) groups excluding carboxylic acids is 1. The summed E-state index contributed by atoms with van der Waals surface area (Å²) in [5.41, 5.74) is 11.1. The van der Waals surface area contributed by atoms with Crippen LogP contribution in [0.5, 0.6) is 5.75 Å². The highest BCUT2D eigenvalue weighted by molar-refractivity contribution is 5.73. The van der Waals surface area contributed by atoms with Crippen molar-refractivity contribution in [3.05, 3.63) is 29.6 Å². The normalized spacial score (nSPS) is 10.1. The van der Waals surface area contributed by atoms with Crippen molar-refractivity contribution >= 4 is 5.91 Å². The summed E-state index contributed by atoms with van der Waals surface area (Å²) in [6.07, 6.45) is 0.597. The zero-order valence-corrected chi connectivity index (χ0v) is 8.91. The van der Waals surface area contributed by atoms with Crippen LogP contribution in [-0.4, -0.2) is 19.1 Å². The van der Waals surface area contributed by atoms with Crippen molar-refractivity contribution in [3.8, 4) is 5.75 Å². The van der Waals surface area contributed by atoms with Crippen LogP contribution in [0.4, 0.5) is 4.39 Å². The Morgan fingerprint density at radius 2 is 2.19 bits per heavy atom. The van der Waals surface area contributed by atoms with Crippen molar-refractivity contribution in [1.82, 2.24) is 0 Å².